The lowest BCUT2D eigenvalue weighted by Crippen LogP contribution is -2.52. The summed E-state index contributed by atoms with van der Waals surface area (Å²) in [5.41, 5.74) is 1.19. The average Bonchev–Trinajstić information content (AvgIpc) is 2.53. The first-order chi connectivity index (χ1) is 9.65. The molecule has 1 aliphatic heterocycles. The fourth-order valence-corrected chi connectivity index (χ4v) is 2.48. The summed E-state index contributed by atoms with van der Waals surface area (Å²) in [7, 11) is 3.11. The van der Waals surface area contributed by atoms with Crippen LogP contribution in [0.25, 0.3) is 0 Å². The zero-order chi connectivity index (χ0) is 14.5. The molecule has 2 rings (SSSR count). The Labute approximate surface area is 120 Å². The van der Waals surface area contributed by atoms with E-state index in [0.717, 1.165) is 31.9 Å². The number of hydrogen-bond donors (Lipinski definition) is 0. The minimum Gasteiger partial charge on any atom is -0.497 e. The van der Waals surface area contributed by atoms with Crippen LogP contribution in [0.1, 0.15) is 6.92 Å². The molecule has 0 N–H and O–H groups in total. The smallest absolute Gasteiger partial charge is 0.322 e. The minimum absolute atomic E-state index is 0.164. The Morgan fingerprint density at radius 3 is 2.20 bits per heavy atom. The molecule has 1 aliphatic rings. The van der Waals surface area contributed by atoms with Crippen LogP contribution in [0.5, 0.6) is 5.75 Å². The van der Waals surface area contributed by atoms with Gasteiger partial charge in [0.1, 0.15) is 11.8 Å². The molecule has 1 aromatic rings. The van der Waals surface area contributed by atoms with Gasteiger partial charge in [-0.25, -0.2) is 0 Å². The van der Waals surface area contributed by atoms with Crippen molar-refractivity contribution in [2.45, 2.75) is 13.0 Å². The highest BCUT2D eigenvalue weighted by Crippen LogP contribution is 2.21. The summed E-state index contributed by atoms with van der Waals surface area (Å²) in [5, 5.41) is 0. The van der Waals surface area contributed by atoms with Crippen LogP contribution < -0.4 is 9.64 Å². The van der Waals surface area contributed by atoms with Crippen molar-refractivity contribution in [2.75, 3.05) is 45.3 Å². The Morgan fingerprint density at radius 1 is 1.10 bits per heavy atom. The molecule has 1 atom stereocenters. The van der Waals surface area contributed by atoms with E-state index in [1.807, 2.05) is 19.1 Å². The van der Waals surface area contributed by atoms with E-state index in [2.05, 4.69) is 21.9 Å². The molecule has 0 aliphatic carbocycles. The molecule has 0 bridgehead atoms. The van der Waals surface area contributed by atoms with Crippen molar-refractivity contribution in [1.82, 2.24) is 4.90 Å². The summed E-state index contributed by atoms with van der Waals surface area (Å²) in [5.74, 6) is 0.703. The number of rotatable bonds is 4. The van der Waals surface area contributed by atoms with Gasteiger partial charge in [-0.3, -0.25) is 9.69 Å². The van der Waals surface area contributed by atoms with E-state index in [1.54, 1.807) is 7.11 Å². The number of anilines is 1. The number of carbonyl (C=O) groups excluding carboxylic acids is 1. The number of methoxy groups -OCH3 is 2. The van der Waals surface area contributed by atoms with Crippen molar-refractivity contribution in [3.63, 3.8) is 0 Å². The molecule has 1 heterocycles. The van der Waals surface area contributed by atoms with Gasteiger partial charge < -0.3 is 14.4 Å². The summed E-state index contributed by atoms with van der Waals surface area (Å²) < 4.78 is 9.96. The van der Waals surface area contributed by atoms with Crippen LogP contribution in [-0.4, -0.2) is 57.3 Å². The quantitative estimate of drug-likeness (QED) is 0.778. The molecule has 5 heteroatoms. The lowest BCUT2D eigenvalue weighted by Gasteiger charge is -2.38. The Morgan fingerprint density at radius 2 is 1.70 bits per heavy atom. The summed E-state index contributed by atoms with van der Waals surface area (Å²) in [4.78, 5) is 16.0. The fourth-order valence-electron chi connectivity index (χ4n) is 2.48. The van der Waals surface area contributed by atoms with Crippen molar-refractivity contribution in [1.29, 1.82) is 0 Å². The predicted molar refractivity (Wildman–Crippen MR) is 78.3 cm³/mol. The maximum atomic E-state index is 11.5. The number of nitrogens with zero attached hydrogens (tertiary/aromatic N) is 2. The van der Waals surface area contributed by atoms with Gasteiger partial charge in [0.05, 0.1) is 14.2 Å². The van der Waals surface area contributed by atoms with Crippen molar-refractivity contribution >= 4 is 11.7 Å². The maximum absolute atomic E-state index is 11.5. The van der Waals surface area contributed by atoms with Gasteiger partial charge in [0, 0.05) is 31.9 Å². The van der Waals surface area contributed by atoms with E-state index in [9.17, 15) is 4.79 Å². The minimum atomic E-state index is -0.169. The molecule has 0 aromatic heterocycles. The van der Waals surface area contributed by atoms with Gasteiger partial charge in [0.25, 0.3) is 0 Å². The highest BCUT2D eigenvalue weighted by atomic mass is 16.5. The van der Waals surface area contributed by atoms with Gasteiger partial charge in [-0.15, -0.1) is 0 Å². The van der Waals surface area contributed by atoms with Crippen LogP contribution in [-0.2, 0) is 9.53 Å². The average molecular weight is 278 g/mol. The van der Waals surface area contributed by atoms with Gasteiger partial charge >= 0.3 is 5.97 Å². The Kier molecular flexibility index (Phi) is 4.84. The number of benzene rings is 1. The van der Waals surface area contributed by atoms with E-state index in [-0.39, 0.29) is 12.0 Å². The second-order valence-corrected chi connectivity index (χ2v) is 4.92. The first-order valence-corrected chi connectivity index (χ1v) is 6.86. The van der Waals surface area contributed by atoms with Crippen LogP contribution in [0, 0.1) is 0 Å². The molecular weight excluding hydrogens is 256 g/mol. The number of carbonyl (C=O) groups is 1. The van der Waals surface area contributed by atoms with E-state index >= 15 is 0 Å². The second-order valence-electron chi connectivity index (χ2n) is 4.92. The Balaban J connectivity index is 1.91. The zero-order valence-corrected chi connectivity index (χ0v) is 12.3. The molecule has 1 fully saturated rings. The molecule has 1 unspecified atom stereocenters. The lowest BCUT2D eigenvalue weighted by atomic mass is 10.2. The molecular formula is C15H22N2O3. The van der Waals surface area contributed by atoms with Gasteiger partial charge in [-0.2, -0.15) is 0 Å². The molecule has 1 aromatic carbocycles. The normalized spacial score (nSPS) is 17.6. The van der Waals surface area contributed by atoms with E-state index < -0.39 is 0 Å². The van der Waals surface area contributed by atoms with Crippen LogP contribution in [0.4, 0.5) is 5.69 Å². The van der Waals surface area contributed by atoms with Crippen LogP contribution in [0.3, 0.4) is 0 Å². The first kappa shape index (κ1) is 14.7. The Hall–Kier alpha value is -1.75. The third kappa shape index (κ3) is 3.22. The van der Waals surface area contributed by atoms with E-state index in [4.69, 9.17) is 9.47 Å². The monoisotopic (exact) mass is 278 g/mol. The number of piperazine rings is 1. The molecule has 1 saturated heterocycles. The summed E-state index contributed by atoms with van der Waals surface area (Å²) in [6.07, 6.45) is 0. The van der Waals surface area contributed by atoms with Gasteiger partial charge in [-0.1, -0.05) is 0 Å². The Bertz CT molecular complexity index is 439. The predicted octanol–water partition coefficient (Wildman–Crippen LogP) is 1.38. The van der Waals surface area contributed by atoms with Crippen molar-refractivity contribution in [3.05, 3.63) is 24.3 Å². The van der Waals surface area contributed by atoms with Crippen molar-refractivity contribution < 1.29 is 14.3 Å². The first-order valence-electron chi connectivity index (χ1n) is 6.86. The molecule has 0 saturated carbocycles. The van der Waals surface area contributed by atoms with Gasteiger partial charge in [-0.05, 0) is 31.2 Å². The summed E-state index contributed by atoms with van der Waals surface area (Å²) in [6, 6.07) is 7.91. The largest absolute Gasteiger partial charge is 0.497 e. The van der Waals surface area contributed by atoms with Crippen LogP contribution in [0.2, 0.25) is 0 Å². The summed E-state index contributed by atoms with van der Waals surface area (Å²) >= 11 is 0. The zero-order valence-electron chi connectivity index (χ0n) is 12.3. The SMILES string of the molecule is COC(=O)C(C)N1CCN(c2ccc(OC)cc2)CC1. The van der Waals surface area contributed by atoms with Crippen molar-refractivity contribution in [3.8, 4) is 5.75 Å². The van der Waals surface area contributed by atoms with Gasteiger partial charge in [0.2, 0.25) is 0 Å². The molecule has 0 spiro atoms. The third-order valence-electron chi connectivity index (χ3n) is 3.84. The van der Waals surface area contributed by atoms with Crippen LogP contribution >= 0.6 is 0 Å². The number of hydrogen-bond acceptors (Lipinski definition) is 5. The number of ether oxygens (including phenoxy) is 2. The van der Waals surface area contributed by atoms with E-state index in [1.165, 1.54) is 12.8 Å². The third-order valence-corrected chi connectivity index (χ3v) is 3.84. The van der Waals surface area contributed by atoms with E-state index in [0.29, 0.717) is 0 Å². The maximum Gasteiger partial charge on any atom is 0.322 e. The highest BCUT2D eigenvalue weighted by molar-refractivity contribution is 5.75. The molecule has 20 heavy (non-hydrogen) atoms. The standard InChI is InChI=1S/C15H22N2O3/c1-12(15(18)20-3)16-8-10-17(11-9-16)13-4-6-14(19-2)7-5-13/h4-7,12H,8-11H2,1-3H3. The highest BCUT2D eigenvalue weighted by Gasteiger charge is 2.26. The van der Waals surface area contributed by atoms with Crippen LogP contribution in [0.15, 0.2) is 24.3 Å². The lowest BCUT2D eigenvalue weighted by molar-refractivity contribution is -0.146. The van der Waals surface area contributed by atoms with Crippen molar-refractivity contribution in [2.24, 2.45) is 0 Å². The fraction of sp³-hybridized carbons (Fsp3) is 0.533. The molecule has 5 nitrogen and oxygen atoms in total. The summed E-state index contributed by atoms with van der Waals surface area (Å²) in [6.45, 7) is 5.45. The second kappa shape index (κ2) is 6.61. The molecule has 0 radical (unpaired) electrons. The molecule has 110 valence electrons. The van der Waals surface area contributed by atoms with Gasteiger partial charge in [0.15, 0.2) is 0 Å². The topological polar surface area (TPSA) is 42.0 Å². The number of esters is 1. The molecule has 0 amide bonds.